The van der Waals surface area contributed by atoms with Crippen LogP contribution >= 0.6 is 22.7 Å². The molecule has 0 saturated carbocycles. The topological polar surface area (TPSA) is 37.8 Å². The van der Waals surface area contributed by atoms with E-state index in [9.17, 15) is 0 Å². The van der Waals surface area contributed by atoms with Gasteiger partial charge in [0.2, 0.25) is 0 Å². The molecule has 0 atom stereocenters. The number of hydrogen-bond acceptors (Lipinski definition) is 5. The minimum Gasteiger partial charge on any atom is -0.359 e. The van der Waals surface area contributed by atoms with Gasteiger partial charge in [-0.05, 0) is 20.8 Å². The smallest absolute Gasteiger partial charge is 0.183 e. The van der Waals surface area contributed by atoms with Gasteiger partial charge in [0.05, 0.1) is 21.3 Å². The largest absolute Gasteiger partial charge is 0.359 e. The molecule has 0 fully saturated rings. The van der Waals surface area contributed by atoms with Gasteiger partial charge >= 0.3 is 0 Å². The predicted octanol–water partition coefficient (Wildman–Crippen LogP) is 4.69. The molecule has 3 nitrogen and oxygen atoms in total. The lowest BCUT2D eigenvalue weighted by atomic mass is 9.91. The third kappa shape index (κ3) is 3.34. The van der Waals surface area contributed by atoms with Crippen LogP contribution in [0.1, 0.15) is 45.3 Å². The Bertz CT molecular complexity index is 561. The Kier molecular flexibility index (Phi) is 3.97. The van der Waals surface area contributed by atoms with E-state index in [4.69, 9.17) is 4.98 Å². The van der Waals surface area contributed by atoms with E-state index >= 15 is 0 Å². The van der Waals surface area contributed by atoms with Crippen molar-refractivity contribution in [1.29, 1.82) is 0 Å². The maximum Gasteiger partial charge on any atom is 0.183 e. The molecule has 2 heterocycles. The van der Waals surface area contributed by atoms with E-state index in [-0.39, 0.29) is 5.41 Å². The van der Waals surface area contributed by atoms with Crippen LogP contribution < -0.4 is 5.32 Å². The van der Waals surface area contributed by atoms with E-state index < -0.39 is 0 Å². The van der Waals surface area contributed by atoms with Crippen molar-refractivity contribution in [2.24, 2.45) is 0 Å². The Hall–Kier alpha value is -0.940. The van der Waals surface area contributed by atoms with Gasteiger partial charge in [-0.3, -0.25) is 0 Å². The van der Waals surface area contributed by atoms with Crippen LogP contribution in [0.3, 0.4) is 0 Å². The maximum atomic E-state index is 4.69. The van der Waals surface area contributed by atoms with Crippen LogP contribution in [0.15, 0.2) is 5.38 Å². The fraction of sp³-hybridized carbons (Fsp3) is 0.571. The molecule has 0 unspecified atom stereocenters. The van der Waals surface area contributed by atoms with E-state index in [2.05, 4.69) is 57.2 Å². The molecule has 0 amide bonds. The molecule has 0 aliphatic rings. The van der Waals surface area contributed by atoms with E-state index in [1.165, 1.54) is 4.88 Å². The molecular formula is C14H21N3S2. The predicted molar refractivity (Wildman–Crippen MR) is 85.4 cm³/mol. The van der Waals surface area contributed by atoms with Crippen LogP contribution in [0.5, 0.6) is 0 Å². The Labute approximate surface area is 123 Å². The van der Waals surface area contributed by atoms with Gasteiger partial charge in [-0.25, -0.2) is 9.97 Å². The minimum atomic E-state index is 0.0509. The molecule has 0 radical (unpaired) electrons. The molecule has 0 aliphatic heterocycles. The molecular weight excluding hydrogens is 274 g/mol. The molecule has 1 N–H and O–H groups in total. The van der Waals surface area contributed by atoms with Gasteiger partial charge in [0.1, 0.15) is 0 Å². The summed E-state index contributed by atoms with van der Waals surface area (Å²) in [6.45, 7) is 12.9. The summed E-state index contributed by atoms with van der Waals surface area (Å²) in [6.07, 6.45) is 0. The second kappa shape index (κ2) is 5.21. The molecule has 0 saturated heterocycles. The van der Waals surface area contributed by atoms with Crippen LogP contribution in [-0.2, 0) is 5.41 Å². The average molecular weight is 295 g/mol. The molecule has 2 aromatic heterocycles. The highest BCUT2D eigenvalue weighted by atomic mass is 32.1. The lowest BCUT2D eigenvalue weighted by molar-refractivity contribution is 0.573. The van der Waals surface area contributed by atoms with E-state index in [0.29, 0.717) is 6.04 Å². The number of thiazole rings is 2. The van der Waals surface area contributed by atoms with E-state index in [1.54, 1.807) is 22.7 Å². The maximum absolute atomic E-state index is 4.69. The Morgan fingerprint density at radius 2 is 1.89 bits per heavy atom. The van der Waals surface area contributed by atoms with Gasteiger partial charge in [-0.1, -0.05) is 20.8 Å². The summed E-state index contributed by atoms with van der Waals surface area (Å²) in [5, 5.41) is 7.55. The molecule has 2 rings (SSSR count). The Morgan fingerprint density at radius 3 is 2.47 bits per heavy atom. The number of rotatable bonds is 3. The minimum absolute atomic E-state index is 0.0509. The summed E-state index contributed by atoms with van der Waals surface area (Å²) in [7, 11) is 0. The molecule has 19 heavy (non-hydrogen) atoms. The zero-order valence-electron chi connectivity index (χ0n) is 12.4. The standard InChI is InChI=1S/C14H21N3S2/c1-8(2)15-13-17-10(7-18-13)11-12(14(4,5)6)16-9(3)19-11/h7-8H,1-6H3,(H,15,17). The summed E-state index contributed by atoms with van der Waals surface area (Å²) in [6, 6.07) is 0.407. The summed E-state index contributed by atoms with van der Waals surface area (Å²) in [5.74, 6) is 0. The molecule has 0 aliphatic carbocycles. The van der Waals surface area contributed by atoms with Gasteiger partial charge in [0.15, 0.2) is 5.13 Å². The van der Waals surface area contributed by atoms with Crippen LogP contribution in [0.2, 0.25) is 0 Å². The SMILES string of the molecule is Cc1nc(C(C)(C)C)c(-c2csc(NC(C)C)n2)s1. The quantitative estimate of drug-likeness (QED) is 0.892. The zero-order chi connectivity index (χ0) is 14.2. The second-order valence-electron chi connectivity index (χ2n) is 6.00. The normalized spacial score (nSPS) is 12.2. The third-order valence-corrected chi connectivity index (χ3v) is 4.36. The summed E-state index contributed by atoms with van der Waals surface area (Å²) in [4.78, 5) is 10.6. The molecule has 0 bridgehead atoms. The van der Waals surface area contributed by atoms with Crippen molar-refractivity contribution in [3.05, 3.63) is 16.1 Å². The first-order valence-corrected chi connectivity index (χ1v) is 8.17. The first-order valence-electron chi connectivity index (χ1n) is 6.47. The number of nitrogens with zero attached hydrogens (tertiary/aromatic N) is 2. The lowest BCUT2D eigenvalue weighted by Gasteiger charge is -2.16. The highest BCUT2D eigenvalue weighted by Crippen LogP contribution is 2.38. The van der Waals surface area contributed by atoms with Crippen molar-refractivity contribution in [3.63, 3.8) is 0 Å². The van der Waals surface area contributed by atoms with Gasteiger partial charge in [-0.2, -0.15) is 0 Å². The number of nitrogens with one attached hydrogen (secondary N) is 1. The average Bonchev–Trinajstić information content (AvgIpc) is 2.82. The Morgan fingerprint density at radius 1 is 1.21 bits per heavy atom. The molecule has 0 spiro atoms. The Balaban J connectivity index is 2.39. The number of aryl methyl sites for hydroxylation is 1. The number of hydrogen-bond donors (Lipinski definition) is 1. The second-order valence-corrected chi connectivity index (χ2v) is 8.06. The lowest BCUT2D eigenvalue weighted by Crippen LogP contribution is -2.13. The van der Waals surface area contributed by atoms with Gasteiger partial charge in [0.25, 0.3) is 0 Å². The van der Waals surface area contributed by atoms with Crippen molar-refractivity contribution in [3.8, 4) is 10.6 Å². The van der Waals surface area contributed by atoms with Gasteiger partial charge < -0.3 is 5.32 Å². The molecule has 104 valence electrons. The summed E-state index contributed by atoms with van der Waals surface area (Å²) in [5.41, 5.74) is 2.25. The monoisotopic (exact) mass is 295 g/mol. The van der Waals surface area contributed by atoms with Crippen molar-refractivity contribution in [2.75, 3.05) is 5.32 Å². The molecule has 2 aromatic rings. The van der Waals surface area contributed by atoms with Crippen LogP contribution in [0.4, 0.5) is 5.13 Å². The van der Waals surface area contributed by atoms with Crippen molar-refractivity contribution in [1.82, 2.24) is 9.97 Å². The fourth-order valence-corrected chi connectivity index (χ4v) is 3.81. The summed E-state index contributed by atoms with van der Waals surface area (Å²) >= 11 is 3.39. The number of aromatic nitrogens is 2. The van der Waals surface area contributed by atoms with Crippen molar-refractivity contribution in [2.45, 2.75) is 53.0 Å². The zero-order valence-corrected chi connectivity index (χ0v) is 14.0. The first-order chi connectivity index (χ1) is 8.77. The van der Waals surface area contributed by atoms with Crippen molar-refractivity contribution < 1.29 is 0 Å². The van der Waals surface area contributed by atoms with Crippen LogP contribution in [-0.4, -0.2) is 16.0 Å². The van der Waals surface area contributed by atoms with Gasteiger partial charge in [-0.15, -0.1) is 22.7 Å². The van der Waals surface area contributed by atoms with Crippen LogP contribution in [0, 0.1) is 6.92 Å². The first kappa shape index (κ1) is 14.5. The highest BCUT2D eigenvalue weighted by molar-refractivity contribution is 7.16. The third-order valence-electron chi connectivity index (χ3n) is 2.59. The molecule has 5 heteroatoms. The van der Waals surface area contributed by atoms with Crippen LogP contribution in [0.25, 0.3) is 10.6 Å². The number of anilines is 1. The summed E-state index contributed by atoms with van der Waals surface area (Å²) < 4.78 is 0. The fourth-order valence-electron chi connectivity index (χ4n) is 1.80. The van der Waals surface area contributed by atoms with E-state index in [1.807, 2.05) is 0 Å². The van der Waals surface area contributed by atoms with E-state index in [0.717, 1.165) is 21.5 Å². The highest BCUT2D eigenvalue weighted by Gasteiger charge is 2.24. The van der Waals surface area contributed by atoms with Crippen molar-refractivity contribution >= 4 is 27.8 Å². The van der Waals surface area contributed by atoms with Gasteiger partial charge in [0, 0.05) is 16.8 Å². The molecule has 0 aromatic carbocycles.